The van der Waals surface area contributed by atoms with E-state index in [0.717, 1.165) is 16.7 Å². The van der Waals surface area contributed by atoms with Gasteiger partial charge in [0.15, 0.2) is 5.11 Å². The molecule has 9 heteroatoms. The number of methoxy groups -OCH3 is 1. The number of thiocarbonyl (C=S) groups is 1. The van der Waals surface area contributed by atoms with Gasteiger partial charge in [0.1, 0.15) is 11.9 Å². The molecule has 0 fully saturated rings. The number of amides is 1. The smallest absolute Gasteiger partial charge is 0.228 e. The fraction of sp³-hybridized carbons (Fsp3) is 0.167. The SMILES string of the molecule is COc1cccc(NC(=S)NC(NC(=O)Cc2ccc(-c3ccccc3)cc2)C(Cl)(Cl)Cl)c1. The highest BCUT2D eigenvalue weighted by molar-refractivity contribution is 7.80. The minimum Gasteiger partial charge on any atom is -0.497 e. The van der Waals surface area contributed by atoms with E-state index in [0.29, 0.717) is 11.4 Å². The number of nitrogens with one attached hydrogen (secondary N) is 3. The molecule has 0 aromatic heterocycles. The van der Waals surface area contributed by atoms with Crippen molar-refractivity contribution in [1.82, 2.24) is 10.6 Å². The monoisotopic (exact) mass is 521 g/mol. The molecule has 1 amide bonds. The van der Waals surface area contributed by atoms with E-state index in [4.69, 9.17) is 51.8 Å². The molecule has 33 heavy (non-hydrogen) atoms. The van der Waals surface area contributed by atoms with E-state index in [2.05, 4.69) is 16.0 Å². The lowest BCUT2D eigenvalue weighted by atomic mass is 10.0. The maximum atomic E-state index is 12.6. The molecule has 3 aromatic carbocycles. The predicted octanol–water partition coefficient (Wildman–Crippen LogP) is 5.70. The van der Waals surface area contributed by atoms with Gasteiger partial charge in [-0.25, -0.2) is 0 Å². The normalized spacial score (nSPS) is 11.9. The molecule has 3 N–H and O–H groups in total. The Hall–Kier alpha value is -2.51. The standard InChI is InChI=1S/C24H22Cl3N3O2S/c1-32-20-9-5-8-19(15-20)28-23(33)30-22(24(25,26)27)29-21(31)14-16-10-12-18(13-11-16)17-6-3-2-4-7-17/h2-13,15,22H,14H2,1H3,(H,29,31)(H2,28,30,33). The summed E-state index contributed by atoms with van der Waals surface area (Å²) in [5.74, 6) is 0.336. The number of carbonyl (C=O) groups excluding carboxylic acids is 1. The van der Waals surface area contributed by atoms with Gasteiger partial charge in [-0.05, 0) is 41.0 Å². The second-order valence-corrected chi connectivity index (χ2v) is 9.89. The van der Waals surface area contributed by atoms with Gasteiger partial charge in [-0.15, -0.1) is 0 Å². The van der Waals surface area contributed by atoms with E-state index in [9.17, 15) is 4.79 Å². The Labute approximate surface area is 213 Å². The summed E-state index contributed by atoms with van der Waals surface area (Å²) < 4.78 is 3.35. The molecule has 0 bridgehead atoms. The van der Waals surface area contributed by atoms with Gasteiger partial charge < -0.3 is 20.7 Å². The second-order valence-electron chi connectivity index (χ2n) is 7.11. The fourth-order valence-corrected chi connectivity index (χ4v) is 3.60. The number of benzene rings is 3. The van der Waals surface area contributed by atoms with Gasteiger partial charge in [0.05, 0.1) is 13.5 Å². The van der Waals surface area contributed by atoms with Crippen LogP contribution in [0.25, 0.3) is 11.1 Å². The third kappa shape index (κ3) is 7.79. The lowest BCUT2D eigenvalue weighted by Gasteiger charge is -2.28. The van der Waals surface area contributed by atoms with Crippen molar-refractivity contribution in [2.45, 2.75) is 16.4 Å². The molecule has 0 spiro atoms. The molecule has 0 saturated heterocycles. The summed E-state index contributed by atoms with van der Waals surface area (Å²) in [5.41, 5.74) is 3.67. The zero-order chi connectivity index (χ0) is 23.8. The Morgan fingerprint density at radius 2 is 1.61 bits per heavy atom. The number of alkyl halides is 3. The Balaban J connectivity index is 1.60. The number of hydrogen-bond donors (Lipinski definition) is 3. The maximum Gasteiger partial charge on any atom is 0.228 e. The average molecular weight is 523 g/mol. The Morgan fingerprint density at radius 1 is 0.939 bits per heavy atom. The first kappa shape index (κ1) is 25.1. The number of rotatable bonds is 7. The Bertz CT molecular complexity index is 1090. The lowest BCUT2D eigenvalue weighted by molar-refractivity contribution is -0.121. The van der Waals surface area contributed by atoms with Crippen LogP contribution in [-0.2, 0) is 11.2 Å². The van der Waals surface area contributed by atoms with Crippen LogP contribution in [0.3, 0.4) is 0 Å². The largest absolute Gasteiger partial charge is 0.497 e. The highest BCUT2D eigenvalue weighted by Gasteiger charge is 2.34. The zero-order valence-corrected chi connectivity index (χ0v) is 20.7. The van der Waals surface area contributed by atoms with E-state index in [1.165, 1.54) is 0 Å². The minimum atomic E-state index is -1.84. The van der Waals surface area contributed by atoms with E-state index >= 15 is 0 Å². The van der Waals surface area contributed by atoms with Crippen molar-refractivity contribution in [3.8, 4) is 16.9 Å². The highest BCUT2D eigenvalue weighted by atomic mass is 35.6. The first-order valence-electron chi connectivity index (χ1n) is 9.96. The van der Waals surface area contributed by atoms with Gasteiger partial charge in [0, 0.05) is 11.8 Å². The molecule has 3 rings (SSSR count). The summed E-state index contributed by atoms with van der Waals surface area (Å²) in [5, 5.41) is 8.69. The molecular formula is C24H22Cl3N3O2S. The molecule has 172 valence electrons. The van der Waals surface area contributed by atoms with Crippen molar-refractivity contribution in [2.75, 3.05) is 12.4 Å². The van der Waals surface area contributed by atoms with Crippen molar-refractivity contribution < 1.29 is 9.53 Å². The molecule has 0 aliphatic rings. The minimum absolute atomic E-state index is 0.115. The van der Waals surface area contributed by atoms with Crippen LogP contribution in [0, 0.1) is 0 Å². The molecule has 3 aromatic rings. The van der Waals surface area contributed by atoms with Crippen molar-refractivity contribution >= 4 is 63.7 Å². The van der Waals surface area contributed by atoms with Crippen LogP contribution in [0.2, 0.25) is 0 Å². The lowest BCUT2D eigenvalue weighted by Crippen LogP contribution is -2.56. The number of ether oxygens (including phenoxy) is 1. The number of anilines is 1. The highest BCUT2D eigenvalue weighted by Crippen LogP contribution is 2.29. The van der Waals surface area contributed by atoms with Gasteiger partial charge in [-0.2, -0.15) is 0 Å². The molecule has 0 radical (unpaired) electrons. The average Bonchev–Trinajstić information content (AvgIpc) is 2.79. The quantitative estimate of drug-likeness (QED) is 0.211. The van der Waals surface area contributed by atoms with Crippen LogP contribution in [0.5, 0.6) is 5.75 Å². The van der Waals surface area contributed by atoms with Crippen LogP contribution in [0.15, 0.2) is 78.9 Å². The van der Waals surface area contributed by atoms with Crippen molar-refractivity contribution in [1.29, 1.82) is 0 Å². The third-order valence-electron chi connectivity index (χ3n) is 4.66. The zero-order valence-electron chi connectivity index (χ0n) is 17.6. The third-order valence-corrected chi connectivity index (χ3v) is 5.54. The van der Waals surface area contributed by atoms with Gasteiger partial charge >= 0.3 is 0 Å². The van der Waals surface area contributed by atoms with Crippen molar-refractivity contribution in [3.05, 3.63) is 84.4 Å². The van der Waals surface area contributed by atoms with Crippen molar-refractivity contribution in [3.63, 3.8) is 0 Å². The molecule has 0 saturated carbocycles. The molecular weight excluding hydrogens is 501 g/mol. The van der Waals surface area contributed by atoms with Crippen LogP contribution in [0.1, 0.15) is 5.56 Å². The molecule has 0 aliphatic carbocycles. The van der Waals surface area contributed by atoms with Crippen LogP contribution >= 0.6 is 47.0 Å². The van der Waals surface area contributed by atoms with E-state index in [-0.39, 0.29) is 17.4 Å². The molecule has 0 aliphatic heterocycles. The first-order chi connectivity index (χ1) is 15.7. The maximum absolute atomic E-state index is 12.6. The Kier molecular flexibility index (Phi) is 8.80. The van der Waals surface area contributed by atoms with Gasteiger partial charge in [0.25, 0.3) is 0 Å². The van der Waals surface area contributed by atoms with E-state index in [1.54, 1.807) is 31.4 Å². The predicted molar refractivity (Wildman–Crippen MR) is 140 cm³/mol. The van der Waals surface area contributed by atoms with Crippen LogP contribution < -0.4 is 20.7 Å². The summed E-state index contributed by atoms with van der Waals surface area (Å²) in [7, 11) is 1.57. The van der Waals surface area contributed by atoms with E-state index < -0.39 is 9.96 Å². The summed E-state index contributed by atoms with van der Waals surface area (Å²) >= 11 is 23.5. The van der Waals surface area contributed by atoms with Crippen LogP contribution in [-0.4, -0.2) is 28.1 Å². The number of carbonyl (C=O) groups is 1. The molecule has 0 heterocycles. The second kappa shape index (κ2) is 11.6. The summed E-state index contributed by atoms with van der Waals surface area (Å²) in [6, 6.07) is 24.9. The first-order valence-corrected chi connectivity index (χ1v) is 11.5. The topological polar surface area (TPSA) is 62.4 Å². The molecule has 1 unspecified atom stereocenters. The van der Waals surface area contributed by atoms with Crippen LogP contribution in [0.4, 0.5) is 5.69 Å². The Morgan fingerprint density at radius 3 is 2.24 bits per heavy atom. The number of halogens is 3. The number of hydrogen-bond acceptors (Lipinski definition) is 3. The summed E-state index contributed by atoms with van der Waals surface area (Å²) in [6.07, 6.45) is -0.937. The summed E-state index contributed by atoms with van der Waals surface area (Å²) in [4.78, 5) is 12.6. The van der Waals surface area contributed by atoms with Gasteiger partial charge in [-0.1, -0.05) is 95.5 Å². The van der Waals surface area contributed by atoms with Gasteiger partial charge in [-0.3, -0.25) is 4.79 Å². The van der Waals surface area contributed by atoms with E-state index in [1.807, 2.05) is 54.6 Å². The molecule has 1 atom stereocenters. The summed E-state index contributed by atoms with van der Waals surface area (Å²) in [6.45, 7) is 0. The molecule has 5 nitrogen and oxygen atoms in total. The van der Waals surface area contributed by atoms with Crippen molar-refractivity contribution in [2.24, 2.45) is 0 Å². The van der Waals surface area contributed by atoms with Gasteiger partial charge in [0.2, 0.25) is 9.70 Å². The fourth-order valence-electron chi connectivity index (χ4n) is 3.04.